The molecule has 0 aromatic heterocycles. The standard InChI is InChI=1S/C29H30N2O4/c1-34-25-17-23-14-16-31(28(21-7-4-3-5-8-21)24(23)18-26(25)35-2)29(33)22-12-10-20(11-13-22)19-30-15-6-9-27(30)32/h3-5,7-8,10-13,17-18,28H,6,9,14-16,19H2,1-2H3. The van der Waals surface area contributed by atoms with Crippen molar-refractivity contribution in [2.24, 2.45) is 0 Å². The molecule has 6 nitrogen and oxygen atoms in total. The van der Waals surface area contributed by atoms with Crippen LogP contribution in [0.5, 0.6) is 11.5 Å². The molecule has 1 saturated heterocycles. The third kappa shape index (κ3) is 4.48. The molecule has 3 aromatic carbocycles. The fourth-order valence-electron chi connectivity index (χ4n) is 5.17. The van der Waals surface area contributed by atoms with Gasteiger partial charge in [0.25, 0.3) is 5.91 Å². The number of carbonyl (C=O) groups is 2. The van der Waals surface area contributed by atoms with Gasteiger partial charge in [0.2, 0.25) is 5.91 Å². The molecule has 0 saturated carbocycles. The van der Waals surface area contributed by atoms with Crippen molar-refractivity contribution < 1.29 is 19.1 Å². The van der Waals surface area contributed by atoms with Crippen molar-refractivity contribution in [3.05, 3.63) is 94.5 Å². The summed E-state index contributed by atoms with van der Waals surface area (Å²) >= 11 is 0. The first-order chi connectivity index (χ1) is 17.1. The van der Waals surface area contributed by atoms with E-state index in [1.165, 1.54) is 0 Å². The lowest BCUT2D eigenvalue weighted by Gasteiger charge is -2.38. The molecule has 2 aliphatic heterocycles. The van der Waals surface area contributed by atoms with Crippen molar-refractivity contribution >= 4 is 11.8 Å². The zero-order valence-corrected chi connectivity index (χ0v) is 20.2. The topological polar surface area (TPSA) is 59.1 Å². The average Bonchev–Trinajstić information content (AvgIpc) is 3.31. The first kappa shape index (κ1) is 23.0. The Bertz CT molecular complexity index is 1220. The monoisotopic (exact) mass is 470 g/mol. The van der Waals surface area contributed by atoms with Crippen LogP contribution in [0.25, 0.3) is 0 Å². The van der Waals surface area contributed by atoms with Gasteiger partial charge in [-0.1, -0.05) is 42.5 Å². The van der Waals surface area contributed by atoms with Crippen LogP contribution in [0.1, 0.15) is 51.5 Å². The van der Waals surface area contributed by atoms with Gasteiger partial charge in [-0.05, 0) is 59.4 Å². The number of carbonyl (C=O) groups excluding carboxylic acids is 2. The second-order valence-corrected chi connectivity index (χ2v) is 9.08. The lowest BCUT2D eigenvalue weighted by atomic mass is 9.87. The molecule has 5 rings (SSSR count). The summed E-state index contributed by atoms with van der Waals surface area (Å²) < 4.78 is 11.1. The maximum absolute atomic E-state index is 13.8. The van der Waals surface area contributed by atoms with E-state index in [0.717, 1.165) is 41.6 Å². The molecule has 6 heteroatoms. The highest BCUT2D eigenvalue weighted by molar-refractivity contribution is 5.95. The zero-order valence-electron chi connectivity index (χ0n) is 20.2. The van der Waals surface area contributed by atoms with E-state index in [-0.39, 0.29) is 17.9 Å². The molecule has 0 radical (unpaired) electrons. The maximum atomic E-state index is 13.8. The molecular formula is C29H30N2O4. The molecule has 2 aliphatic rings. The van der Waals surface area contributed by atoms with Crippen LogP contribution in [-0.2, 0) is 17.8 Å². The maximum Gasteiger partial charge on any atom is 0.254 e. The third-order valence-electron chi connectivity index (χ3n) is 7.00. The van der Waals surface area contributed by atoms with Crippen molar-refractivity contribution in [1.82, 2.24) is 9.80 Å². The Labute approximate surface area is 206 Å². The van der Waals surface area contributed by atoms with Gasteiger partial charge in [0.05, 0.1) is 20.3 Å². The fraction of sp³-hybridized carbons (Fsp3) is 0.310. The van der Waals surface area contributed by atoms with Crippen molar-refractivity contribution in [3.8, 4) is 11.5 Å². The lowest BCUT2D eigenvalue weighted by molar-refractivity contribution is -0.128. The van der Waals surface area contributed by atoms with Crippen LogP contribution in [-0.4, -0.2) is 48.9 Å². The Kier molecular flexibility index (Phi) is 6.45. The van der Waals surface area contributed by atoms with E-state index < -0.39 is 0 Å². The zero-order chi connectivity index (χ0) is 24.4. The molecule has 0 bridgehead atoms. The van der Waals surface area contributed by atoms with Gasteiger partial charge in [-0.15, -0.1) is 0 Å². The minimum atomic E-state index is -0.228. The molecule has 3 aromatic rings. The van der Waals surface area contributed by atoms with E-state index in [9.17, 15) is 9.59 Å². The van der Waals surface area contributed by atoms with Crippen LogP contribution >= 0.6 is 0 Å². The quantitative estimate of drug-likeness (QED) is 0.528. The van der Waals surface area contributed by atoms with Gasteiger partial charge in [0.1, 0.15) is 0 Å². The van der Waals surface area contributed by atoms with Gasteiger partial charge in [-0.2, -0.15) is 0 Å². The summed E-state index contributed by atoms with van der Waals surface area (Å²) in [5, 5.41) is 0. The van der Waals surface area contributed by atoms with Crippen molar-refractivity contribution in [2.75, 3.05) is 27.3 Å². The van der Waals surface area contributed by atoms with Gasteiger partial charge in [0.15, 0.2) is 11.5 Å². The molecule has 1 unspecified atom stereocenters. The van der Waals surface area contributed by atoms with Gasteiger partial charge >= 0.3 is 0 Å². The number of fused-ring (bicyclic) bond motifs is 1. The number of ether oxygens (including phenoxy) is 2. The molecular weight excluding hydrogens is 440 g/mol. The van der Waals surface area contributed by atoms with Gasteiger partial charge < -0.3 is 19.3 Å². The number of methoxy groups -OCH3 is 2. The number of amides is 2. The predicted octanol–water partition coefficient (Wildman–Crippen LogP) is 4.61. The highest BCUT2D eigenvalue weighted by Gasteiger charge is 2.34. The summed E-state index contributed by atoms with van der Waals surface area (Å²) in [4.78, 5) is 29.6. The van der Waals surface area contributed by atoms with E-state index in [1.807, 2.05) is 64.4 Å². The summed E-state index contributed by atoms with van der Waals surface area (Å²) in [7, 11) is 3.27. The van der Waals surface area contributed by atoms with E-state index in [4.69, 9.17) is 9.47 Å². The van der Waals surface area contributed by atoms with E-state index in [1.54, 1.807) is 14.2 Å². The largest absolute Gasteiger partial charge is 0.493 e. The highest BCUT2D eigenvalue weighted by Crippen LogP contribution is 2.41. The number of rotatable bonds is 6. The van der Waals surface area contributed by atoms with Crippen LogP contribution in [0.15, 0.2) is 66.7 Å². The third-order valence-corrected chi connectivity index (χ3v) is 7.00. The molecule has 180 valence electrons. The number of nitrogens with zero attached hydrogens (tertiary/aromatic N) is 2. The molecule has 0 aliphatic carbocycles. The Balaban J connectivity index is 1.46. The normalized spacial score (nSPS) is 17.3. The molecule has 35 heavy (non-hydrogen) atoms. The number of likely N-dealkylation sites (tertiary alicyclic amines) is 1. The van der Waals surface area contributed by atoms with Gasteiger partial charge in [-0.25, -0.2) is 0 Å². The Morgan fingerprint density at radius 2 is 1.63 bits per heavy atom. The molecule has 1 fully saturated rings. The molecule has 0 N–H and O–H groups in total. The summed E-state index contributed by atoms with van der Waals surface area (Å²) in [6.45, 7) is 2.00. The van der Waals surface area contributed by atoms with Crippen LogP contribution in [0, 0.1) is 0 Å². The van der Waals surface area contributed by atoms with Gasteiger partial charge in [-0.3, -0.25) is 9.59 Å². The molecule has 2 heterocycles. The predicted molar refractivity (Wildman–Crippen MR) is 134 cm³/mol. The SMILES string of the molecule is COc1cc2c(cc1OC)C(c1ccccc1)N(C(=O)c1ccc(CN3CCCC3=O)cc1)CC2. The van der Waals surface area contributed by atoms with Crippen LogP contribution in [0.4, 0.5) is 0 Å². The number of benzene rings is 3. The second-order valence-electron chi connectivity index (χ2n) is 9.08. The molecule has 0 spiro atoms. The smallest absolute Gasteiger partial charge is 0.254 e. The molecule has 1 atom stereocenters. The van der Waals surface area contributed by atoms with Crippen molar-refractivity contribution in [2.45, 2.75) is 31.8 Å². The Morgan fingerprint density at radius 3 is 2.29 bits per heavy atom. The minimum Gasteiger partial charge on any atom is -0.493 e. The number of hydrogen-bond donors (Lipinski definition) is 0. The van der Waals surface area contributed by atoms with Crippen molar-refractivity contribution in [3.63, 3.8) is 0 Å². The second kappa shape index (κ2) is 9.82. The van der Waals surface area contributed by atoms with E-state index in [0.29, 0.717) is 36.6 Å². The Morgan fingerprint density at radius 1 is 0.914 bits per heavy atom. The first-order valence-electron chi connectivity index (χ1n) is 12.1. The van der Waals surface area contributed by atoms with E-state index >= 15 is 0 Å². The first-order valence-corrected chi connectivity index (χ1v) is 12.1. The summed E-state index contributed by atoms with van der Waals surface area (Å²) in [5.41, 5.74) is 4.95. The van der Waals surface area contributed by atoms with E-state index in [2.05, 4.69) is 12.1 Å². The van der Waals surface area contributed by atoms with Crippen LogP contribution < -0.4 is 9.47 Å². The highest BCUT2D eigenvalue weighted by atomic mass is 16.5. The number of hydrogen-bond acceptors (Lipinski definition) is 4. The van der Waals surface area contributed by atoms with Gasteiger partial charge in [0, 0.05) is 31.6 Å². The average molecular weight is 471 g/mol. The van der Waals surface area contributed by atoms with Crippen molar-refractivity contribution in [1.29, 1.82) is 0 Å². The van der Waals surface area contributed by atoms with Crippen LogP contribution in [0.2, 0.25) is 0 Å². The fourth-order valence-corrected chi connectivity index (χ4v) is 5.17. The van der Waals surface area contributed by atoms with Crippen LogP contribution in [0.3, 0.4) is 0 Å². The molecule has 2 amide bonds. The lowest BCUT2D eigenvalue weighted by Crippen LogP contribution is -2.40. The summed E-state index contributed by atoms with van der Waals surface area (Å²) in [6, 6.07) is 21.6. The Hall–Kier alpha value is -3.80. The minimum absolute atomic E-state index is 0.0110. The summed E-state index contributed by atoms with van der Waals surface area (Å²) in [5.74, 6) is 1.55. The summed E-state index contributed by atoms with van der Waals surface area (Å²) in [6.07, 6.45) is 2.29.